The number of hydrogen-bond donors (Lipinski definition) is 1. The van der Waals surface area contributed by atoms with Gasteiger partial charge in [0.25, 0.3) is 0 Å². The van der Waals surface area contributed by atoms with Gasteiger partial charge >= 0.3 is 0 Å². The molecule has 0 spiro atoms. The van der Waals surface area contributed by atoms with E-state index in [4.69, 9.17) is 0 Å². The van der Waals surface area contributed by atoms with Crippen LogP contribution in [0.3, 0.4) is 0 Å². The Balaban J connectivity index is 2.30. The van der Waals surface area contributed by atoms with Crippen LogP contribution in [-0.4, -0.2) is 54.0 Å². The van der Waals surface area contributed by atoms with Gasteiger partial charge in [-0.2, -0.15) is 0 Å². The minimum atomic E-state index is 0.141. The molecule has 1 aromatic heterocycles. The number of rotatable bonds is 4. The number of nitrogens with zero attached hydrogens (tertiary/aromatic N) is 4. The van der Waals surface area contributed by atoms with Crippen molar-refractivity contribution in [1.82, 2.24) is 14.9 Å². The van der Waals surface area contributed by atoms with Gasteiger partial charge in [-0.15, -0.1) is 0 Å². The first-order valence-corrected chi connectivity index (χ1v) is 7.63. The van der Waals surface area contributed by atoms with Crippen molar-refractivity contribution in [2.24, 2.45) is 0 Å². The van der Waals surface area contributed by atoms with Gasteiger partial charge in [0, 0.05) is 38.7 Å². The lowest BCUT2D eigenvalue weighted by Gasteiger charge is -2.22. The molecule has 2 heterocycles. The highest BCUT2D eigenvalue weighted by molar-refractivity contribution is 5.81. The zero-order chi connectivity index (χ0) is 15.4. The fourth-order valence-electron chi connectivity index (χ4n) is 2.33. The number of nitrogens with one attached hydrogen (secondary N) is 1. The minimum Gasteiger partial charge on any atom is -0.370 e. The van der Waals surface area contributed by atoms with Crippen molar-refractivity contribution in [3.63, 3.8) is 0 Å². The molecule has 0 atom stereocenters. The van der Waals surface area contributed by atoms with Crippen molar-refractivity contribution in [3.8, 4) is 0 Å². The highest BCUT2D eigenvalue weighted by Crippen LogP contribution is 2.21. The molecule has 0 aromatic carbocycles. The monoisotopic (exact) mass is 291 g/mol. The Morgan fingerprint density at radius 1 is 1.33 bits per heavy atom. The molecular formula is C15H25N5O. The third-order valence-corrected chi connectivity index (χ3v) is 3.60. The van der Waals surface area contributed by atoms with Crippen molar-refractivity contribution in [2.45, 2.75) is 33.1 Å². The first-order valence-electron chi connectivity index (χ1n) is 7.63. The van der Waals surface area contributed by atoms with Crippen LogP contribution < -0.4 is 10.2 Å². The first kappa shape index (κ1) is 15.5. The van der Waals surface area contributed by atoms with E-state index < -0.39 is 0 Å². The summed E-state index contributed by atoms with van der Waals surface area (Å²) in [4.78, 5) is 25.1. The summed E-state index contributed by atoms with van der Waals surface area (Å²) in [6.45, 7) is 9.05. The highest BCUT2D eigenvalue weighted by Gasteiger charge is 2.21. The van der Waals surface area contributed by atoms with Crippen LogP contribution in [0.5, 0.6) is 0 Å². The van der Waals surface area contributed by atoms with E-state index in [1.54, 1.807) is 4.90 Å². The van der Waals surface area contributed by atoms with E-state index in [1.807, 2.05) is 20.0 Å². The predicted molar refractivity (Wildman–Crippen MR) is 84.8 cm³/mol. The van der Waals surface area contributed by atoms with Crippen molar-refractivity contribution in [2.75, 3.05) is 43.4 Å². The fraction of sp³-hybridized carbons (Fsp3) is 0.667. The van der Waals surface area contributed by atoms with Crippen LogP contribution in [0, 0.1) is 0 Å². The molecule has 1 amide bonds. The van der Waals surface area contributed by atoms with Gasteiger partial charge in [0.2, 0.25) is 5.91 Å². The summed E-state index contributed by atoms with van der Waals surface area (Å²) in [7, 11) is 1.86. The summed E-state index contributed by atoms with van der Waals surface area (Å²) in [6.07, 6.45) is 0.958. The van der Waals surface area contributed by atoms with Crippen LogP contribution in [0.4, 0.5) is 11.6 Å². The third kappa shape index (κ3) is 3.83. The summed E-state index contributed by atoms with van der Waals surface area (Å²) in [5, 5.41) is 3.24. The second kappa shape index (κ2) is 6.74. The second-order valence-electron chi connectivity index (χ2n) is 5.75. The molecular weight excluding hydrogens is 266 g/mol. The molecule has 0 radical (unpaired) electrons. The maximum absolute atomic E-state index is 12.1. The van der Waals surface area contributed by atoms with E-state index in [0.717, 1.165) is 43.5 Å². The Kier molecular flexibility index (Phi) is 4.98. The van der Waals surface area contributed by atoms with Crippen molar-refractivity contribution in [3.05, 3.63) is 11.9 Å². The third-order valence-electron chi connectivity index (χ3n) is 3.60. The second-order valence-corrected chi connectivity index (χ2v) is 5.75. The summed E-state index contributed by atoms with van der Waals surface area (Å²) < 4.78 is 0. The molecule has 0 aliphatic carbocycles. The highest BCUT2D eigenvalue weighted by atomic mass is 16.2. The molecule has 6 heteroatoms. The number of carbonyl (C=O) groups is 1. The molecule has 0 unspecified atom stereocenters. The number of hydrogen-bond acceptors (Lipinski definition) is 5. The Morgan fingerprint density at radius 2 is 2.10 bits per heavy atom. The lowest BCUT2D eigenvalue weighted by molar-refractivity contribution is -0.127. The Morgan fingerprint density at radius 3 is 2.76 bits per heavy atom. The zero-order valence-corrected chi connectivity index (χ0v) is 13.4. The summed E-state index contributed by atoms with van der Waals surface area (Å²) in [5.74, 6) is 2.88. The van der Waals surface area contributed by atoms with E-state index in [1.165, 1.54) is 0 Å². The summed E-state index contributed by atoms with van der Waals surface area (Å²) in [5.41, 5.74) is 0. The SMILES string of the molecule is CCNc1cc(N2CCCN(C)C(=O)C2)nc(C(C)C)n1. The van der Waals surface area contributed by atoms with E-state index >= 15 is 0 Å². The van der Waals surface area contributed by atoms with Gasteiger partial charge in [0.1, 0.15) is 17.5 Å². The van der Waals surface area contributed by atoms with Gasteiger partial charge in [0.05, 0.1) is 6.54 Å². The van der Waals surface area contributed by atoms with Gasteiger partial charge in [-0.1, -0.05) is 13.8 Å². The van der Waals surface area contributed by atoms with Crippen LogP contribution in [0.2, 0.25) is 0 Å². The molecule has 0 bridgehead atoms. The van der Waals surface area contributed by atoms with Gasteiger partial charge in [-0.05, 0) is 13.3 Å². The Labute approximate surface area is 126 Å². The molecule has 116 valence electrons. The quantitative estimate of drug-likeness (QED) is 0.915. The van der Waals surface area contributed by atoms with Crippen molar-refractivity contribution in [1.29, 1.82) is 0 Å². The maximum Gasteiger partial charge on any atom is 0.241 e. The summed E-state index contributed by atoms with van der Waals surface area (Å²) in [6, 6.07) is 1.94. The van der Waals surface area contributed by atoms with Crippen LogP contribution in [0.15, 0.2) is 6.07 Å². The van der Waals surface area contributed by atoms with E-state index in [2.05, 4.69) is 34.0 Å². The van der Waals surface area contributed by atoms with Crippen LogP contribution in [0.1, 0.15) is 38.9 Å². The molecule has 1 N–H and O–H groups in total. The number of amides is 1. The standard InChI is InChI=1S/C15H25N5O/c1-5-16-12-9-13(18-15(17-12)11(2)3)20-8-6-7-19(4)14(21)10-20/h9,11H,5-8,10H2,1-4H3,(H,16,17,18). The molecule has 0 saturated carbocycles. The smallest absolute Gasteiger partial charge is 0.241 e. The van der Waals surface area contributed by atoms with Gasteiger partial charge < -0.3 is 15.1 Å². The molecule has 1 aromatic rings. The topological polar surface area (TPSA) is 61.4 Å². The molecule has 1 aliphatic rings. The molecule has 6 nitrogen and oxygen atoms in total. The molecule has 2 rings (SSSR count). The lowest BCUT2D eigenvalue weighted by atomic mass is 10.2. The van der Waals surface area contributed by atoms with Gasteiger partial charge in [0.15, 0.2) is 0 Å². The molecule has 21 heavy (non-hydrogen) atoms. The normalized spacial score (nSPS) is 16.3. The van der Waals surface area contributed by atoms with E-state index in [0.29, 0.717) is 6.54 Å². The van der Waals surface area contributed by atoms with E-state index in [-0.39, 0.29) is 11.8 Å². The maximum atomic E-state index is 12.1. The first-order chi connectivity index (χ1) is 10.0. The van der Waals surface area contributed by atoms with E-state index in [9.17, 15) is 4.79 Å². The van der Waals surface area contributed by atoms with Gasteiger partial charge in [-0.3, -0.25) is 4.79 Å². The van der Waals surface area contributed by atoms with Crippen LogP contribution >= 0.6 is 0 Å². The van der Waals surface area contributed by atoms with Gasteiger partial charge in [-0.25, -0.2) is 9.97 Å². The number of carbonyl (C=O) groups excluding carboxylic acids is 1. The Bertz CT molecular complexity index is 503. The number of likely N-dealkylation sites (N-methyl/N-ethyl adjacent to an activating group) is 1. The molecule has 1 aliphatic heterocycles. The van der Waals surface area contributed by atoms with Crippen molar-refractivity contribution < 1.29 is 4.79 Å². The number of aromatic nitrogens is 2. The average Bonchev–Trinajstić information content (AvgIpc) is 2.61. The fourth-order valence-corrected chi connectivity index (χ4v) is 2.33. The Hall–Kier alpha value is -1.85. The molecule has 1 saturated heterocycles. The largest absolute Gasteiger partial charge is 0.370 e. The average molecular weight is 291 g/mol. The zero-order valence-electron chi connectivity index (χ0n) is 13.4. The summed E-state index contributed by atoms with van der Waals surface area (Å²) >= 11 is 0. The molecule has 1 fully saturated rings. The predicted octanol–water partition coefficient (Wildman–Crippen LogP) is 1.70. The van der Waals surface area contributed by atoms with Crippen molar-refractivity contribution >= 4 is 17.5 Å². The number of anilines is 2. The van der Waals surface area contributed by atoms with Crippen LogP contribution in [-0.2, 0) is 4.79 Å². The lowest BCUT2D eigenvalue weighted by Crippen LogP contribution is -2.35. The van der Waals surface area contributed by atoms with Crippen LogP contribution in [0.25, 0.3) is 0 Å². The minimum absolute atomic E-state index is 0.141.